The molecule has 4 rings (SSSR count). The van der Waals surface area contributed by atoms with E-state index in [1.165, 1.54) is 12.3 Å². The summed E-state index contributed by atoms with van der Waals surface area (Å²) in [5.74, 6) is 0.0645. The maximum absolute atomic E-state index is 14.0. The van der Waals surface area contributed by atoms with Gasteiger partial charge in [-0.15, -0.1) is 0 Å². The number of furan rings is 1. The van der Waals surface area contributed by atoms with Gasteiger partial charge in [-0.2, -0.15) is 0 Å². The number of aryl methyl sites for hydroxylation is 1. The molecule has 1 saturated heterocycles. The van der Waals surface area contributed by atoms with Crippen molar-refractivity contribution in [3.63, 3.8) is 0 Å². The van der Waals surface area contributed by atoms with E-state index in [0.717, 1.165) is 37.2 Å². The first-order valence-corrected chi connectivity index (χ1v) is 10.0. The van der Waals surface area contributed by atoms with Crippen LogP contribution >= 0.6 is 0 Å². The van der Waals surface area contributed by atoms with Gasteiger partial charge in [-0.3, -0.25) is 9.69 Å². The lowest BCUT2D eigenvalue weighted by Gasteiger charge is -2.38. The topological polar surface area (TPSA) is 36.7 Å². The van der Waals surface area contributed by atoms with Gasteiger partial charge in [0.15, 0.2) is 5.76 Å². The summed E-state index contributed by atoms with van der Waals surface area (Å²) < 4.78 is 19.4. The molecular formula is C24H25FN2O2. The van der Waals surface area contributed by atoms with Crippen LogP contribution in [-0.4, -0.2) is 29.9 Å². The average Bonchev–Trinajstić information content (AvgIpc) is 3.27. The maximum Gasteiger partial charge on any atom is 0.294 e. The molecule has 29 heavy (non-hydrogen) atoms. The van der Waals surface area contributed by atoms with Crippen LogP contribution < -0.4 is 4.90 Å². The SMILES string of the molecule is Cc1ccc(N(C(=O)c2ccco2)C2CCN(Cc3ccccc3F)CC2)cc1. The number of hydrogen-bond acceptors (Lipinski definition) is 3. The molecule has 2 heterocycles. The van der Waals surface area contributed by atoms with E-state index in [2.05, 4.69) is 4.90 Å². The Hall–Kier alpha value is -2.92. The van der Waals surface area contributed by atoms with E-state index >= 15 is 0 Å². The van der Waals surface area contributed by atoms with Gasteiger partial charge in [-0.25, -0.2) is 4.39 Å². The largest absolute Gasteiger partial charge is 0.459 e. The lowest BCUT2D eigenvalue weighted by molar-refractivity contribution is 0.0931. The van der Waals surface area contributed by atoms with Gasteiger partial charge in [0.05, 0.1) is 6.26 Å². The molecule has 3 aromatic rings. The van der Waals surface area contributed by atoms with Gasteiger partial charge in [-0.1, -0.05) is 35.9 Å². The highest BCUT2D eigenvalue weighted by atomic mass is 19.1. The zero-order chi connectivity index (χ0) is 20.2. The molecule has 0 aliphatic carbocycles. The van der Waals surface area contributed by atoms with Gasteiger partial charge >= 0.3 is 0 Å². The Morgan fingerprint density at radius 1 is 1.07 bits per heavy atom. The molecule has 0 radical (unpaired) electrons. The quantitative estimate of drug-likeness (QED) is 0.610. The minimum atomic E-state index is -0.163. The Morgan fingerprint density at radius 3 is 2.45 bits per heavy atom. The number of rotatable bonds is 5. The summed E-state index contributed by atoms with van der Waals surface area (Å²) in [5, 5.41) is 0. The molecule has 0 atom stereocenters. The highest BCUT2D eigenvalue weighted by Gasteiger charge is 2.31. The molecule has 1 fully saturated rings. The van der Waals surface area contributed by atoms with E-state index < -0.39 is 0 Å². The molecule has 0 unspecified atom stereocenters. The van der Waals surface area contributed by atoms with Crippen molar-refractivity contribution in [1.82, 2.24) is 4.90 Å². The fourth-order valence-electron chi connectivity index (χ4n) is 3.92. The van der Waals surface area contributed by atoms with Gasteiger partial charge in [0.25, 0.3) is 5.91 Å². The van der Waals surface area contributed by atoms with Crippen LogP contribution in [0.2, 0.25) is 0 Å². The first-order chi connectivity index (χ1) is 14.1. The predicted octanol–water partition coefficient (Wildman–Crippen LogP) is 5.04. The number of piperidine rings is 1. The molecule has 2 aromatic carbocycles. The average molecular weight is 392 g/mol. The van der Waals surface area contributed by atoms with Crippen LogP contribution in [0.3, 0.4) is 0 Å². The Balaban J connectivity index is 1.50. The fraction of sp³-hybridized carbons (Fsp3) is 0.292. The Morgan fingerprint density at radius 2 is 1.79 bits per heavy atom. The second kappa shape index (κ2) is 8.62. The van der Waals surface area contributed by atoms with Gasteiger partial charge in [0.2, 0.25) is 0 Å². The maximum atomic E-state index is 14.0. The van der Waals surface area contributed by atoms with Crippen molar-refractivity contribution < 1.29 is 13.6 Å². The molecule has 150 valence electrons. The van der Waals surface area contributed by atoms with E-state index in [4.69, 9.17) is 4.42 Å². The van der Waals surface area contributed by atoms with Crippen molar-refractivity contribution >= 4 is 11.6 Å². The molecule has 1 aromatic heterocycles. The third kappa shape index (κ3) is 4.40. The summed E-state index contributed by atoms with van der Waals surface area (Å²) in [4.78, 5) is 17.3. The van der Waals surface area contributed by atoms with Crippen molar-refractivity contribution in [2.45, 2.75) is 32.4 Å². The zero-order valence-electron chi connectivity index (χ0n) is 16.6. The van der Waals surface area contributed by atoms with E-state index in [1.54, 1.807) is 18.2 Å². The van der Waals surface area contributed by atoms with Crippen LogP contribution in [0.25, 0.3) is 0 Å². The molecule has 0 N–H and O–H groups in total. The van der Waals surface area contributed by atoms with Gasteiger partial charge in [0.1, 0.15) is 5.82 Å². The third-order valence-corrected chi connectivity index (χ3v) is 5.54. The number of amides is 1. The van der Waals surface area contributed by atoms with E-state index in [0.29, 0.717) is 17.9 Å². The van der Waals surface area contributed by atoms with Crippen molar-refractivity contribution in [3.05, 3.63) is 89.6 Å². The second-order valence-electron chi connectivity index (χ2n) is 7.59. The Kier molecular flexibility index (Phi) is 5.76. The van der Waals surface area contributed by atoms with Crippen molar-refractivity contribution in [2.24, 2.45) is 0 Å². The van der Waals surface area contributed by atoms with Crippen molar-refractivity contribution in [3.8, 4) is 0 Å². The van der Waals surface area contributed by atoms with Crippen LogP contribution in [0.4, 0.5) is 10.1 Å². The summed E-state index contributed by atoms with van der Waals surface area (Å²) >= 11 is 0. The standard InChI is InChI=1S/C24H25FN2O2/c1-18-8-10-20(11-9-18)27(24(28)23-7-4-16-29-23)21-12-14-26(15-13-21)17-19-5-2-3-6-22(19)25/h2-11,16,21H,12-15,17H2,1H3. The molecule has 4 nitrogen and oxygen atoms in total. The van der Waals surface area contributed by atoms with Crippen LogP contribution in [-0.2, 0) is 6.54 Å². The molecule has 5 heteroatoms. The molecular weight excluding hydrogens is 367 g/mol. The first kappa shape index (κ1) is 19.4. The van der Waals surface area contributed by atoms with Crippen molar-refractivity contribution in [2.75, 3.05) is 18.0 Å². The smallest absolute Gasteiger partial charge is 0.294 e. The van der Waals surface area contributed by atoms with E-state index in [1.807, 2.05) is 48.2 Å². The van der Waals surface area contributed by atoms with E-state index in [-0.39, 0.29) is 17.8 Å². The first-order valence-electron chi connectivity index (χ1n) is 10.0. The van der Waals surface area contributed by atoms with Gasteiger partial charge < -0.3 is 9.32 Å². The normalized spacial score (nSPS) is 15.4. The number of anilines is 1. The monoisotopic (exact) mass is 392 g/mol. The van der Waals surface area contributed by atoms with Crippen LogP contribution in [0.5, 0.6) is 0 Å². The van der Waals surface area contributed by atoms with Crippen LogP contribution in [0.1, 0.15) is 34.5 Å². The van der Waals surface area contributed by atoms with Crippen LogP contribution in [0.15, 0.2) is 71.3 Å². The minimum absolute atomic E-state index is 0.0761. The number of hydrogen-bond donors (Lipinski definition) is 0. The summed E-state index contributed by atoms with van der Waals surface area (Å²) in [5.41, 5.74) is 2.75. The lowest BCUT2D eigenvalue weighted by Crippen LogP contribution is -2.47. The highest BCUT2D eigenvalue weighted by molar-refractivity contribution is 6.04. The number of benzene rings is 2. The number of likely N-dealkylation sites (tertiary alicyclic amines) is 1. The second-order valence-corrected chi connectivity index (χ2v) is 7.59. The Labute approximate surface area is 170 Å². The van der Waals surface area contributed by atoms with Crippen molar-refractivity contribution in [1.29, 1.82) is 0 Å². The molecule has 1 aliphatic rings. The number of halogens is 1. The van der Waals surface area contributed by atoms with Crippen LogP contribution in [0, 0.1) is 12.7 Å². The summed E-state index contributed by atoms with van der Waals surface area (Å²) in [6, 6.07) is 18.4. The summed E-state index contributed by atoms with van der Waals surface area (Å²) in [6.45, 7) is 4.25. The third-order valence-electron chi connectivity index (χ3n) is 5.54. The molecule has 0 spiro atoms. The number of carbonyl (C=O) groups is 1. The summed E-state index contributed by atoms with van der Waals surface area (Å²) in [6.07, 6.45) is 3.18. The predicted molar refractivity (Wildman–Crippen MR) is 111 cm³/mol. The molecule has 1 aliphatic heterocycles. The number of carbonyl (C=O) groups excluding carboxylic acids is 1. The molecule has 1 amide bonds. The molecule has 0 saturated carbocycles. The Bertz CT molecular complexity index is 945. The fourth-order valence-corrected chi connectivity index (χ4v) is 3.92. The summed E-state index contributed by atoms with van der Waals surface area (Å²) in [7, 11) is 0. The number of nitrogens with zero attached hydrogens (tertiary/aromatic N) is 2. The lowest BCUT2D eigenvalue weighted by atomic mass is 10.0. The zero-order valence-corrected chi connectivity index (χ0v) is 16.6. The highest BCUT2D eigenvalue weighted by Crippen LogP contribution is 2.27. The minimum Gasteiger partial charge on any atom is -0.459 e. The molecule has 0 bridgehead atoms. The van der Waals surface area contributed by atoms with Gasteiger partial charge in [0, 0.05) is 36.9 Å². The van der Waals surface area contributed by atoms with Gasteiger partial charge in [-0.05, 0) is 50.1 Å². The van der Waals surface area contributed by atoms with E-state index in [9.17, 15) is 9.18 Å².